The van der Waals surface area contributed by atoms with Gasteiger partial charge in [0.05, 0.1) is 18.8 Å². The van der Waals surface area contributed by atoms with Crippen molar-refractivity contribution in [1.82, 2.24) is 20.4 Å². The Hall–Kier alpha value is -3.22. The first-order valence-corrected chi connectivity index (χ1v) is 7.46. The fourth-order valence-corrected chi connectivity index (χ4v) is 2.27. The molecule has 24 heavy (non-hydrogen) atoms. The third-order valence-corrected chi connectivity index (χ3v) is 3.61. The van der Waals surface area contributed by atoms with Crippen molar-refractivity contribution in [1.29, 1.82) is 0 Å². The number of fused-ring (bicyclic) bond motifs is 1. The molecule has 0 aliphatic heterocycles. The quantitative estimate of drug-likeness (QED) is 0.576. The van der Waals surface area contributed by atoms with Crippen LogP contribution in [0.1, 0.15) is 18.5 Å². The van der Waals surface area contributed by atoms with Gasteiger partial charge in [-0.05, 0) is 36.8 Å². The first-order chi connectivity index (χ1) is 11.7. The fourth-order valence-electron chi connectivity index (χ4n) is 2.27. The molecular weight excluding hydrogens is 306 g/mol. The van der Waals surface area contributed by atoms with Gasteiger partial charge in [0.25, 0.3) is 5.91 Å². The highest BCUT2D eigenvalue weighted by Crippen LogP contribution is 2.15. The molecular formula is C17H17N5O2. The van der Waals surface area contributed by atoms with Gasteiger partial charge in [-0.25, -0.2) is 10.1 Å². The fraction of sp³-hybridized carbons (Fsp3) is 0.176. The molecule has 0 saturated carbocycles. The lowest BCUT2D eigenvalue weighted by Gasteiger charge is -2.10. The average molecular weight is 323 g/mol. The number of aromatic nitrogens is 3. The van der Waals surface area contributed by atoms with E-state index in [9.17, 15) is 4.79 Å². The minimum Gasteiger partial charge on any atom is -0.497 e. The molecule has 0 bridgehead atoms. The number of hydrogen-bond acceptors (Lipinski definition) is 5. The molecule has 0 saturated heterocycles. The summed E-state index contributed by atoms with van der Waals surface area (Å²) in [6, 6.07) is 14.3. The third-order valence-electron chi connectivity index (χ3n) is 3.61. The SMILES string of the molecule is COc1cccc(/C=N\NC(=O)[C@H](C)n2nnc3ccccc32)c1. The molecule has 122 valence electrons. The van der Waals surface area contributed by atoms with E-state index in [1.165, 1.54) is 0 Å². The summed E-state index contributed by atoms with van der Waals surface area (Å²) in [7, 11) is 1.60. The Kier molecular flexibility index (Phi) is 4.51. The van der Waals surface area contributed by atoms with Crippen molar-refractivity contribution in [2.24, 2.45) is 5.10 Å². The van der Waals surface area contributed by atoms with Crippen molar-refractivity contribution in [2.45, 2.75) is 13.0 Å². The Morgan fingerprint density at radius 2 is 2.12 bits per heavy atom. The minimum atomic E-state index is -0.528. The largest absolute Gasteiger partial charge is 0.497 e. The van der Waals surface area contributed by atoms with Crippen molar-refractivity contribution < 1.29 is 9.53 Å². The van der Waals surface area contributed by atoms with Crippen LogP contribution in [0.4, 0.5) is 0 Å². The maximum Gasteiger partial charge on any atom is 0.264 e. The molecule has 1 atom stereocenters. The number of benzene rings is 2. The van der Waals surface area contributed by atoms with Gasteiger partial charge in [0.1, 0.15) is 17.3 Å². The Morgan fingerprint density at radius 3 is 2.96 bits per heavy atom. The molecule has 1 N–H and O–H groups in total. The van der Waals surface area contributed by atoms with Crippen molar-refractivity contribution in [3.05, 3.63) is 54.1 Å². The van der Waals surface area contributed by atoms with Gasteiger partial charge in [-0.3, -0.25) is 4.79 Å². The maximum atomic E-state index is 12.3. The molecule has 0 fully saturated rings. The van der Waals surface area contributed by atoms with Gasteiger partial charge < -0.3 is 4.74 Å². The molecule has 0 aliphatic rings. The number of methoxy groups -OCH3 is 1. The number of hydrazone groups is 1. The zero-order chi connectivity index (χ0) is 16.9. The van der Waals surface area contributed by atoms with Gasteiger partial charge in [0.15, 0.2) is 0 Å². The number of rotatable bonds is 5. The summed E-state index contributed by atoms with van der Waals surface area (Å²) >= 11 is 0. The maximum absolute atomic E-state index is 12.3. The number of carbonyl (C=O) groups excluding carboxylic acids is 1. The Morgan fingerprint density at radius 1 is 1.29 bits per heavy atom. The summed E-state index contributed by atoms with van der Waals surface area (Å²) in [4.78, 5) is 12.3. The lowest BCUT2D eigenvalue weighted by Crippen LogP contribution is -2.28. The van der Waals surface area contributed by atoms with E-state index >= 15 is 0 Å². The van der Waals surface area contributed by atoms with Gasteiger partial charge in [0, 0.05) is 0 Å². The molecule has 0 spiro atoms. The van der Waals surface area contributed by atoms with E-state index in [1.807, 2.05) is 48.5 Å². The standard InChI is InChI=1S/C17H17N5O2/c1-12(22-16-9-4-3-8-15(16)19-21-22)17(23)20-18-11-13-6-5-7-14(10-13)24-2/h3-12H,1-2H3,(H,20,23)/b18-11-/t12-/m0/s1. The molecule has 3 aromatic rings. The monoisotopic (exact) mass is 323 g/mol. The molecule has 7 heteroatoms. The van der Waals surface area contributed by atoms with Crippen molar-refractivity contribution >= 4 is 23.2 Å². The van der Waals surface area contributed by atoms with Gasteiger partial charge in [-0.1, -0.05) is 29.5 Å². The van der Waals surface area contributed by atoms with Crippen molar-refractivity contribution in [3.63, 3.8) is 0 Å². The van der Waals surface area contributed by atoms with Crippen LogP contribution in [-0.4, -0.2) is 34.2 Å². The number of nitrogens with zero attached hydrogens (tertiary/aromatic N) is 4. The van der Waals surface area contributed by atoms with Crippen LogP contribution in [0.3, 0.4) is 0 Å². The van der Waals surface area contributed by atoms with Gasteiger partial charge in [0.2, 0.25) is 0 Å². The van der Waals surface area contributed by atoms with Crippen LogP contribution >= 0.6 is 0 Å². The lowest BCUT2D eigenvalue weighted by molar-refractivity contribution is -0.124. The van der Waals surface area contributed by atoms with Gasteiger partial charge in [-0.15, -0.1) is 5.10 Å². The summed E-state index contributed by atoms with van der Waals surface area (Å²) in [5.74, 6) is 0.456. The second kappa shape index (κ2) is 6.91. The molecule has 7 nitrogen and oxygen atoms in total. The first-order valence-electron chi connectivity index (χ1n) is 7.46. The predicted octanol–water partition coefficient (Wildman–Crippen LogP) is 2.15. The van der Waals surface area contributed by atoms with Crippen LogP contribution < -0.4 is 10.2 Å². The summed E-state index contributed by atoms with van der Waals surface area (Å²) in [5.41, 5.74) is 4.90. The summed E-state index contributed by atoms with van der Waals surface area (Å²) in [5, 5.41) is 12.1. The number of para-hydroxylation sites is 1. The van der Waals surface area contributed by atoms with E-state index in [-0.39, 0.29) is 5.91 Å². The molecule has 3 rings (SSSR count). The molecule has 1 amide bonds. The normalized spacial score (nSPS) is 12.4. The third kappa shape index (κ3) is 3.24. The van der Waals surface area contributed by atoms with Crippen LogP contribution in [-0.2, 0) is 4.79 Å². The van der Waals surface area contributed by atoms with Gasteiger partial charge in [-0.2, -0.15) is 5.10 Å². The Labute approximate surface area is 138 Å². The van der Waals surface area contributed by atoms with Gasteiger partial charge >= 0.3 is 0 Å². The van der Waals surface area contributed by atoms with Crippen LogP contribution in [0.2, 0.25) is 0 Å². The predicted molar refractivity (Wildman–Crippen MR) is 91.0 cm³/mol. The number of ether oxygens (including phenoxy) is 1. The summed E-state index contributed by atoms with van der Waals surface area (Å²) in [6.07, 6.45) is 1.56. The molecule has 0 radical (unpaired) electrons. The van der Waals surface area contributed by atoms with Crippen LogP contribution in [0.5, 0.6) is 5.75 Å². The highest BCUT2D eigenvalue weighted by Gasteiger charge is 2.18. The zero-order valence-electron chi connectivity index (χ0n) is 13.4. The van der Waals surface area contributed by atoms with E-state index in [0.29, 0.717) is 0 Å². The van der Waals surface area contributed by atoms with E-state index in [1.54, 1.807) is 24.9 Å². The van der Waals surface area contributed by atoms with Crippen molar-refractivity contribution in [3.8, 4) is 5.75 Å². The van der Waals surface area contributed by atoms with E-state index in [0.717, 1.165) is 22.3 Å². The summed E-state index contributed by atoms with van der Waals surface area (Å²) in [6.45, 7) is 1.75. The Balaban J connectivity index is 1.69. The number of nitrogens with one attached hydrogen (secondary N) is 1. The van der Waals surface area contributed by atoms with E-state index in [2.05, 4.69) is 20.8 Å². The second-order valence-electron chi connectivity index (χ2n) is 5.21. The molecule has 0 aliphatic carbocycles. The highest BCUT2D eigenvalue weighted by molar-refractivity contribution is 5.85. The van der Waals surface area contributed by atoms with Crippen LogP contribution in [0.25, 0.3) is 11.0 Å². The molecule has 1 aromatic heterocycles. The van der Waals surface area contributed by atoms with E-state index < -0.39 is 6.04 Å². The topological polar surface area (TPSA) is 81.4 Å². The first kappa shape index (κ1) is 15.7. The minimum absolute atomic E-state index is 0.273. The summed E-state index contributed by atoms with van der Waals surface area (Å²) < 4.78 is 6.72. The molecule has 1 heterocycles. The van der Waals surface area contributed by atoms with Crippen LogP contribution in [0.15, 0.2) is 53.6 Å². The zero-order valence-corrected chi connectivity index (χ0v) is 13.4. The van der Waals surface area contributed by atoms with Crippen molar-refractivity contribution in [2.75, 3.05) is 7.11 Å². The van der Waals surface area contributed by atoms with E-state index in [4.69, 9.17) is 4.74 Å². The highest BCUT2D eigenvalue weighted by atomic mass is 16.5. The number of carbonyl (C=O) groups is 1. The second-order valence-corrected chi connectivity index (χ2v) is 5.21. The number of amides is 1. The smallest absolute Gasteiger partial charge is 0.264 e. The lowest BCUT2D eigenvalue weighted by atomic mass is 10.2. The number of hydrogen-bond donors (Lipinski definition) is 1. The average Bonchev–Trinajstić information content (AvgIpc) is 3.05. The molecule has 0 unspecified atom stereocenters. The van der Waals surface area contributed by atoms with Crippen LogP contribution in [0, 0.1) is 0 Å². The Bertz CT molecular complexity index is 887. The molecule has 2 aromatic carbocycles.